The van der Waals surface area contributed by atoms with Crippen molar-refractivity contribution in [2.75, 3.05) is 13.1 Å². The quantitative estimate of drug-likeness (QED) is 0.889. The average molecular weight is 335 g/mol. The molecule has 1 saturated heterocycles. The number of imide groups is 1. The zero-order valence-electron chi connectivity index (χ0n) is 13.4. The molecule has 0 radical (unpaired) electrons. The van der Waals surface area contributed by atoms with Crippen LogP contribution in [-0.2, 0) is 4.79 Å². The molecule has 0 bridgehead atoms. The molecule has 1 aromatic rings. The highest BCUT2D eigenvalue weighted by atomic mass is 32.1. The summed E-state index contributed by atoms with van der Waals surface area (Å²) in [7, 11) is 0. The van der Waals surface area contributed by atoms with Gasteiger partial charge in [0, 0.05) is 17.0 Å². The summed E-state index contributed by atoms with van der Waals surface area (Å²) in [6.07, 6.45) is 7.80. The summed E-state index contributed by atoms with van der Waals surface area (Å²) in [4.78, 5) is 27.6. The normalized spacial score (nSPS) is 22.9. The minimum atomic E-state index is -0.339. The number of carbonyl (C=O) groups is 2. The third-order valence-electron chi connectivity index (χ3n) is 4.78. The van der Waals surface area contributed by atoms with Gasteiger partial charge >= 0.3 is 6.03 Å². The van der Waals surface area contributed by atoms with Crippen LogP contribution in [0.2, 0.25) is 0 Å². The van der Waals surface area contributed by atoms with E-state index in [1.165, 1.54) is 11.3 Å². The summed E-state index contributed by atoms with van der Waals surface area (Å²) in [5, 5.41) is 7.49. The SMILES string of the molecule is O=C(CN1CCC[C@@H]1c1cccs1)NC(=O)NC1CCCCC1. The van der Waals surface area contributed by atoms with E-state index in [9.17, 15) is 9.59 Å². The maximum atomic E-state index is 12.2. The molecule has 2 N–H and O–H groups in total. The molecule has 1 aliphatic carbocycles. The molecule has 0 unspecified atom stereocenters. The number of nitrogens with zero attached hydrogens (tertiary/aromatic N) is 1. The Labute approximate surface area is 141 Å². The summed E-state index contributed by atoms with van der Waals surface area (Å²) >= 11 is 1.74. The standard InChI is InChI=1S/C17H25N3O2S/c21-16(19-17(22)18-13-6-2-1-3-7-13)12-20-10-4-8-14(20)15-9-5-11-23-15/h5,9,11,13-14H,1-4,6-8,10,12H2,(H2,18,19,21,22)/t14-/m1/s1. The first-order chi connectivity index (χ1) is 11.2. The molecule has 1 saturated carbocycles. The van der Waals surface area contributed by atoms with E-state index in [0.29, 0.717) is 12.6 Å². The smallest absolute Gasteiger partial charge is 0.321 e. The van der Waals surface area contributed by atoms with Gasteiger partial charge in [-0.15, -0.1) is 11.3 Å². The van der Waals surface area contributed by atoms with Crippen LogP contribution in [0.4, 0.5) is 4.79 Å². The molecule has 3 rings (SSSR count). The first-order valence-electron chi connectivity index (χ1n) is 8.60. The minimum Gasteiger partial charge on any atom is -0.335 e. The Hall–Kier alpha value is -1.40. The number of likely N-dealkylation sites (tertiary alicyclic amines) is 1. The molecule has 0 aromatic carbocycles. The lowest BCUT2D eigenvalue weighted by atomic mass is 9.96. The van der Waals surface area contributed by atoms with Gasteiger partial charge in [0.1, 0.15) is 0 Å². The number of urea groups is 1. The molecule has 23 heavy (non-hydrogen) atoms. The van der Waals surface area contributed by atoms with Crippen molar-refractivity contribution in [3.63, 3.8) is 0 Å². The molecule has 3 amide bonds. The maximum absolute atomic E-state index is 12.2. The third-order valence-corrected chi connectivity index (χ3v) is 5.75. The Bertz CT molecular complexity index is 526. The number of nitrogens with one attached hydrogen (secondary N) is 2. The van der Waals surface area contributed by atoms with Crippen molar-refractivity contribution in [3.8, 4) is 0 Å². The van der Waals surface area contributed by atoms with Crippen molar-refractivity contribution in [3.05, 3.63) is 22.4 Å². The van der Waals surface area contributed by atoms with E-state index in [-0.39, 0.29) is 18.0 Å². The number of carbonyl (C=O) groups excluding carboxylic acids is 2. The number of amides is 3. The summed E-state index contributed by atoms with van der Waals surface area (Å²) in [5.41, 5.74) is 0. The zero-order chi connectivity index (χ0) is 16.1. The topological polar surface area (TPSA) is 61.4 Å². The van der Waals surface area contributed by atoms with Crippen LogP contribution < -0.4 is 10.6 Å². The van der Waals surface area contributed by atoms with Crippen LogP contribution in [0.5, 0.6) is 0 Å². The van der Waals surface area contributed by atoms with Gasteiger partial charge in [-0.05, 0) is 43.7 Å². The monoisotopic (exact) mass is 335 g/mol. The summed E-state index contributed by atoms with van der Waals surface area (Å²) in [5.74, 6) is -0.207. The zero-order valence-corrected chi connectivity index (χ0v) is 14.2. The first-order valence-corrected chi connectivity index (χ1v) is 9.48. The van der Waals surface area contributed by atoms with Crippen LogP contribution in [0.15, 0.2) is 17.5 Å². The van der Waals surface area contributed by atoms with Crippen LogP contribution >= 0.6 is 11.3 Å². The van der Waals surface area contributed by atoms with Crippen LogP contribution in [0.25, 0.3) is 0 Å². The molecule has 1 aromatic heterocycles. The number of rotatable bonds is 4. The van der Waals surface area contributed by atoms with Crippen molar-refractivity contribution in [1.82, 2.24) is 15.5 Å². The van der Waals surface area contributed by atoms with E-state index in [4.69, 9.17) is 0 Å². The molecule has 1 aliphatic heterocycles. The summed E-state index contributed by atoms with van der Waals surface area (Å²) < 4.78 is 0. The van der Waals surface area contributed by atoms with E-state index in [2.05, 4.69) is 27.0 Å². The van der Waals surface area contributed by atoms with Crippen molar-refractivity contribution >= 4 is 23.3 Å². The third kappa shape index (κ3) is 4.54. The van der Waals surface area contributed by atoms with Gasteiger partial charge in [0.05, 0.1) is 6.54 Å². The van der Waals surface area contributed by atoms with Crippen molar-refractivity contribution in [2.24, 2.45) is 0 Å². The molecule has 2 heterocycles. The fourth-order valence-electron chi connectivity index (χ4n) is 3.64. The molecular weight excluding hydrogens is 310 g/mol. The second kappa shape index (κ2) is 7.93. The Balaban J connectivity index is 1.45. The highest BCUT2D eigenvalue weighted by Gasteiger charge is 2.28. The van der Waals surface area contributed by atoms with Gasteiger partial charge in [-0.25, -0.2) is 4.79 Å². The van der Waals surface area contributed by atoms with Crippen molar-refractivity contribution < 1.29 is 9.59 Å². The van der Waals surface area contributed by atoms with Crippen LogP contribution in [0.3, 0.4) is 0 Å². The van der Waals surface area contributed by atoms with Crippen LogP contribution in [0.1, 0.15) is 55.9 Å². The van der Waals surface area contributed by atoms with E-state index in [0.717, 1.165) is 45.1 Å². The van der Waals surface area contributed by atoms with Crippen LogP contribution in [-0.4, -0.2) is 36.0 Å². The lowest BCUT2D eigenvalue weighted by Crippen LogP contribution is -2.47. The lowest BCUT2D eigenvalue weighted by Gasteiger charge is -2.24. The van der Waals surface area contributed by atoms with Gasteiger partial charge < -0.3 is 5.32 Å². The van der Waals surface area contributed by atoms with Gasteiger partial charge in [0.2, 0.25) is 5.91 Å². The molecule has 2 aliphatic rings. The van der Waals surface area contributed by atoms with Gasteiger partial charge in [-0.1, -0.05) is 25.3 Å². The van der Waals surface area contributed by atoms with E-state index in [1.807, 2.05) is 6.07 Å². The summed E-state index contributed by atoms with van der Waals surface area (Å²) in [6, 6.07) is 4.38. The second-order valence-corrected chi connectivity index (χ2v) is 7.48. The molecule has 126 valence electrons. The Morgan fingerprint density at radius 2 is 2.00 bits per heavy atom. The maximum Gasteiger partial charge on any atom is 0.321 e. The van der Waals surface area contributed by atoms with Gasteiger partial charge in [0.15, 0.2) is 0 Å². The first kappa shape index (κ1) is 16.5. The van der Waals surface area contributed by atoms with Gasteiger partial charge in [-0.2, -0.15) is 0 Å². The van der Waals surface area contributed by atoms with E-state index in [1.54, 1.807) is 11.3 Å². The fraction of sp³-hybridized carbons (Fsp3) is 0.647. The predicted octanol–water partition coefficient (Wildman–Crippen LogP) is 3.04. The van der Waals surface area contributed by atoms with E-state index < -0.39 is 0 Å². The van der Waals surface area contributed by atoms with Crippen molar-refractivity contribution in [1.29, 1.82) is 0 Å². The lowest BCUT2D eigenvalue weighted by molar-refractivity contribution is -0.121. The predicted molar refractivity (Wildman–Crippen MR) is 91.4 cm³/mol. The Morgan fingerprint density at radius 1 is 1.17 bits per heavy atom. The van der Waals surface area contributed by atoms with Gasteiger partial charge in [0.25, 0.3) is 0 Å². The number of hydrogen-bond acceptors (Lipinski definition) is 4. The molecule has 1 atom stereocenters. The largest absolute Gasteiger partial charge is 0.335 e. The Morgan fingerprint density at radius 3 is 2.74 bits per heavy atom. The highest BCUT2D eigenvalue weighted by molar-refractivity contribution is 7.10. The molecule has 2 fully saturated rings. The number of thiophene rings is 1. The Kier molecular flexibility index (Phi) is 5.67. The second-order valence-electron chi connectivity index (χ2n) is 6.50. The number of hydrogen-bond donors (Lipinski definition) is 2. The van der Waals surface area contributed by atoms with E-state index >= 15 is 0 Å². The average Bonchev–Trinajstić information content (AvgIpc) is 3.18. The molecule has 0 spiro atoms. The van der Waals surface area contributed by atoms with Gasteiger partial charge in [-0.3, -0.25) is 15.0 Å². The van der Waals surface area contributed by atoms with Crippen LogP contribution in [0, 0.1) is 0 Å². The summed E-state index contributed by atoms with van der Waals surface area (Å²) in [6.45, 7) is 1.21. The fourth-order valence-corrected chi connectivity index (χ4v) is 4.53. The molecular formula is C17H25N3O2S. The molecule has 6 heteroatoms. The minimum absolute atomic E-state index is 0.207. The van der Waals surface area contributed by atoms with Crippen molar-refractivity contribution in [2.45, 2.75) is 57.0 Å². The highest BCUT2D eigenvalue weighted by Crippen LogP contribution is 2.33. The molecule has 5 nitrogen and oxygen atoms in total.